The summed E-state index contributed by atoms with van der Waals surface area (Å²) >= 11 is 0. The van der Waals surface area contributed by atoms with Gasteiger partial charge in [0.2, 0.25) is 0 Å². The van der Waals surface area contributed by atoms with Crippen molar-refractivity contribution in [2.45, 2.75) is 51.1 Å². The molecule has 1 amide bonds. The highest BCUT2D eigenvalue weighted by Crippen LogP contribution is 2.40. The Balaban J connectivity index is 1.60. The molecule has 2 aliphatic rings. The van der Waals surface area contributed by atoms with Crippen molar-refractivity contribution in [1.29, 1.82) is 0 Å². The Morgan fingerprint density at radius 3 is 2.58 bits per heavy atom. The predicted octanol–water partition coefficient (Wildman–Crippen LogP) is 2.64. The van der Waals surface area contributed by atoms with Crippen LogP contribution in [0, 0.1) is 12.8 Å². The summed E-state index contributed by atoms with van der Waals surface area (Å²) in [5.74, 6) is 0.526. The van der Waals surface area contributed by atoms with Gasteiger partial charge in [0.1, 0.15) is 11.9 Å². The number of fused-ring (bicyclic) bond motifs is 1. The van der Waals surface area contributed by atoms with Crippen molar-refractivity contribution in [1.82, 2.24) is 20.1 Å². The smallest absolute Gasteiger partial charge is 0.326 e. The minimum atomic E-state index is -0.902. The number of hydrogen-bond acceptors (Lipinski definition) is 4. The molecule has 7 heteroatoms. The molecule has 1 aromatic carbocycles. The lowest BCUT2D eigenvalue weighted by atomic mass is 9.84. The molecule has 2 aromatic rings. The van der Waals surface area contributed by atoms with Crippen molar-refractivity contribution in [2.24, 2.45) is 5.92 Å². The first-order chi connectivity index (χ1) is 12.5. The standard InChI is InChI=1S/C19H22N4O3/c1-11-20-17(22-21-11)12-6-8-13(9-7-12)18(24)23-15-5-3-2-4-14(15)10-16(23)19(25)26/h6-9,14-16H,2-5,10H2,1H3,(H,25,26)(H,20,21,22). The molecule has 4 rings (SSSR count). The van der Waals surface area contributed by atoms with E-state index in [9.17, 15) is 14.7 Å². The van der Waals surface area contributed by atoms with Crippen LogP contribution in [0.2, 0.25) is 0 Å². The van der Waals surface area contributed by atoms with Gasteiger partial charge in [-0.05, 0) is 44.2 Å². The van der Waals surface area contributed by atoms with Crippen molar-refractivity contribution in [3.05, 3.63) is 35.7 Å². The monoisotopic (exact) mass is 354 g/mol. The quantitative estimate of drug-likeness (QED) is 0.883. The van der Waals surface area contributed by atoms with Crippen LogP contribution in [-0.4, -0.2) is 49.1 Å². The molecule has 7 nitrogen and oxygen atoms in total. The number of rotatable bonds is 3. The van der Waals surface area contributed by atoms with E-state index in [4.69, 9.17) is 0 Å². The summed E-state index contributed by atoms with van der Waals surface area (Å²) in [4.78, 5) is 30.7. The maximum atomic E-state index is 13.1. The fourth-order valence-electron chi connectivity index (χ4n) is 4.36. The van der Waals surface area contributed by atoms with Gasteiger partial charge in [0.05, 0.1) is 0 Å². The van der Waals surface area contributed by atoms with Crippen LogP contribution in [0.4, 0.5) is 0 Å². The van der Waals surface area contributed by atoms with Gasteiger partial charge in [-0.2, -0.15) is 5.10 Å². The van der Waals surface area contributed by atoms with Gasteiger partial charge in [-0.3, -0.25) is 9.89 Å². The molecule has 3 atom stereocenters. The lowest BCUT2D eigenvalue weighted by Crippen LogP contribution is -2.46. The molecule has 2 heterocycles. The van der Waals surface area contributed by atoms with Crippen LogP contribution in [0.1, 0.15) is 48.3 Å². The van der Waals surface area contributed by atoms with Crippen molar-refractivity contribution < 1.29 is 14.7 Å². The zero-order chi connectivity index (χ0) is 18.3. The third-order valence-electron chi connectivity index (χ3n) is 5.59. The lowest BCUT2D eigenvalue weighted by Gasteiger charge is -2.33. The number of carboxylic acids is 1. The summed E-state index contributed by atoms with van der Waals surface area (Å²) in [5.41, 5.74) is 1.33. The number of carboxylic acid groups (broad SMARTS) is 1. The molecule has 1 aliphatic heterocycles. The SMILES string of the molecule is Cc1nc(-c2ccc(C(=O)N3C(C(=O)O)CC4CCCCC43)cc2)n[nH]1. The van der Waals surface area contributed by atoms with Crippen LogP contribution in [0.15, 0.2) is 24.3 Å². The van der Waals surface area contributed by atoms with Crippen molar-refractivity contribution in [3.8, 4) is 11.4 Å². The lowest BCUT2D eigenvalue weighted by molar-refractivity contribution is -0.141. The first kappa shape index (κ1) is 16.8. The van der Waals surface area contributed by atoms with E-state index >= 15 is 0 Å². The van der Waals surface area contributed by atoms with E-state index in [1.807, 2.05) is 6.92 Å². The largest absolute Gasteiger partial charge is 0.480 e. The van der Waals surface area contributed by atoms with Gasteiger partial charge in [-0.25, -0.2) is 9.78 Å². The Hall–Kier alpha value is -2.70. The summed E-state index contributed by atoms with van der Waals surface area (Å²) in [7, 11) is 0. The third kappa shape index (κ3) is 2.87. The molecule has 136 valence electrons. The molecule has 1 saturated carbocycles. The molecular formula is C19H22N4O3. The van der Waals surface area contributed by atoms with E-state index < -0.39 is 12.0 Å². The number of aromatic nitrogens is 3. The van der Waals surface area contributed by atoms with Gasteiger partial charge in [0, 0.05) is 17.2 Å². The molecule has 26 heavy (non-hydrogen) atoms. The Labute approximate surface area is 151 Å². The van der Waals surface area contributed by atoms with Crippen LogP contribution >= 0.6 is 0 Å². The van der Waals surface area contributed by atoms with E-state index in [1.54, 1.807) is 29.2 Å². The summed E-state index contributed by atoms with van der Waals surface area (Å²) in [6, 6.07) is 6.41. The second-order valence-electron chi connectivity index (χ2n) is 7.24. The van der Waals surface area contributed by atoms with E-state index in [-0.39, 0.29) is 11.9 Å². The minimum Gasteiger partial charge on any atom is -0.480 e. The number of hydrogen-bond donors (Lipinski definition) is 2. The molecule has 0 radical (unpaired) electrons. The van der Waals surface area contributed by atoms with E-state index in [1.165, 1.54) is 0 Å². The highest BCUT2D eigenvalue weighted by Gasteiger charge is 2.47. The van der Waals surface area contributed by atoms with Gasteiger partial charge in [-0.15, -0.1) is 0 Å². The van der Waals surface area contributed by atoms with Gasteiger partial charge in [0.15, 0.2) is 5.82 Å². The first-order valence-electron chi connectivity index (χ1n) is 9.09. The van der Waals surface area contributed by atoms with Crippen LogP contribution in [-0.2, 0) is 4.79 Å². The normalized spacial score (nSPS) is 25.1. The molecule has 1 aromatic heterocycles. The van der Waals surface area contributed by atoms with Gasteiger partial charge in [0.25, 0.3) is 5.91 Å². The first-order valence-corrected chi connectivity index (χ1v) is 9.09. The molecule has 2 fully saturated rings. The van der Waals surface area contributed by atoms with Crippen LogP contribution < -0.4 is 0 Å². The summed E-state index contributed by atoms with van der Waals surface area (Å²) in [6.45, 7) is 1.83. The van der Waals surface area contributed by atoms with Crippen LogP contribution in [0.3, 0.4) is 0 Å². The molecule has 0 spiro atoms. The second-order valence-corrected chi connectivity index (χ2v) is 7.24. The van der Waals surface area contributed by atoms with Gasteiger partial charge >= 0.3 is 5.97 Å². The number of aliphatic carboxylic acids is 1. The summed E-state index contributed by atoms with van der Waals surface area (Å²) < 4.78 is 0. The number of aromatic amines is 1. The summed E-state index contributed by atoms with van der Waals surface area (Å²) in [5, 5.41) is 16.5. The average Bonchev–Trinajstić information content (AvgIpc) is 3.25. The van der Waals surface area contributed by atoms with Crippen LogP contribution in [0.5, 0.6) is 0 Å². The number of benzene rings is 1. The Kier molecular flexibility index (Phi) is 4.22. The number of aryl methyl sites for hydroxylation is 1. The molecule has 3 unspecified atom stereocenters. The number of nitrogens with zero attached hydrogens (tertiary/aromatic N) is 3. The van der Waals surface area contributed by atoms with Gasteiger partial charge in [-0.1, -0.05) is 25.0 Å². The minimum absolute atomic E-state index is 0.0488. The fourth-order valence-corrected chi connectivity index (χ4v) is 4.36. The van der Waals surface area contributed by atoms with Gasteiger partial charge < -0.3 is 10.0 Å². The topological polar surface area (TPSA) is 99.2 Å². The predicted molar refractivity (Wildman–Crippen MR) is 94.5 cm³/mol. The Morgan fingerprint density at radius 2 is 1.92 bits per heavy atom. The number of likely N-dealkylation sites (tertiary alicyclic amines) is 1. The maximum Gasteiger partial charge on any atom is 0.326 e. The number of carbonyl (C=O) groups is 2. The molecule has 1 aliphatic carbocycles. The molecule has 1 saturated heterocycles. The van der Waals surface area contributed by atoms with E-state index in [2.05, 4.69) is 15.2 Å². The van der Waals surface area contributed by atoms with Crippen molar-refractivity contribution in [3.63, 3.8) is 0 Å². The molecular weight excluding hydrogens is 332 g/mol. The number of H-pyrrole nitrogens is 1. The number of amides is 1. The number of nitrogens with one attached hydrogen (secondary N) is 1. The van der Waals surface area contributed by atoms with E-state index in [0.29, 0.717) is 23.7 Å². The molecule has 2 N–H and O–H groups in total. The zero-order valence-corrected chi connectivity index (χ0v) is 14.7. The zero-order valence-electron chi connectivity index (χ0n) is 14.7. The van der Waals surface area contributed by atoms with Crippen molar-refractivity contribution in [2.75, 3.05) is 0 Å². The van der Waals surface area contributed by atoms with Crippen molar-refractivity contribution >= 4 is 11.9 Å². The molecule has 0 bridgehead atoms. The Bertz CT molecular complexity index is 830. The third-order valence-corrected chi connectivity index (χ3v) is 5.59. The van der Waals surface area contributed by atoms with Crippen LogP contribution in [0.25, 0.3) is 11.4 Å². The average molecular weight is 354 g/mol. The highest BCUT2D eigenvalue weighted by atomic mass is 16.4. The summed E-state index contributed by atoms with van der Waals surface area (Å²) in [6.07, 6.45) is 4.66. The fraction of sp³-hybridized carbons (Fsp3) is 0.474. The van der Waals surface area contributed by atoms with E-state index in [0.717, 1.165) is 37.1 Å². The number of carbonyl (C=O) groups excluding carboxylic acids is 1. The highest BCUT2D eigenvalue weighted by molar-refractivity contribution is 5.97. The maximum absolute atomic E-state index is 13.1. The second kappa shape index (κ2) is 6.55. The Morgan fingerprint density at radius 1 is 1.19 bits per heavy atom.